The van der Waals surface area contributed by atoms with Gasteiger partial charge in [0.2, 0.25) is 15.9 Å². The molecule has 3 aromatic rings. The van der Waals surface area contributed by atoms with Gasteiger partial charge in [0, 0.05) is 30.7 Å². The van der Waals surface area contributed by atoms with Gasteiger partial charge in [-0.15, -0.1) is 0 Å². The molecule has 0 radical (unpaired) electrons. The van der Waals surface area contributed by atoms with Crippen molar-refractivity contribution in [3.05, 3.63) is 96.1 Å². The van der Waals surface area contributed by atoms with Crippen molar-refractivity contribution in [3.63, 3.8) is 0 Å². The standard InChI is InChI=1S/C35H48N4O6S/c1-25(2)23-39(46(43,44)30-20-18-28(36)19-21-30)29(24-40)17-12-22-37-33(41)32(38-34(42)45-35(3,4)5)31(26-13-8-6-9-14-26)27-15-10-7-11-16-27/h6-11,13-16,18-21,25,29,31-32,40H,12,17,22-24,36H2,1-5H3,(H,37,41)(H,38,42)/t29?,32-/m0/s1. The van der Waals surface area contributed by atoms with Crippen molar-refractivity contribution in [2.45, 2.75) is 76.0 Å². The molecule has 0 spiro atoms. The number of amides is 2. The van der Waals surface area contributed by atoms with Crippen LogP contribution in [-0.2, 0) is 19.6 Å². The Bertz CT molecular complexity index is 1450. The molecule has 0 aromatic heterocycles. The van der Waals surface area contributed by atoms with Gasteiger partial charge in [-0.05, 0) is 74.9 Å². The fraction of sp³-hybridized carbons (Fsp3) is 0.429. The van der Waals surface area contributed by atoms with Gasteiger partial charge in [-0.2, -0.15) is 4.31 Å². The van der Waals surface area contributed by atoms with Crippen molar-refractivity contribution in [2.24, 2.45) is 5.92 Å². The van der Waals surface area contributed by atoms with Gasteiger partial charge in [-0.1, -0.05) is 74.5 Å². The van der Waals surface area contributed by atoms with Crippen LogP contribution in [0.15, 0.2) is 89.8 Å². The van der Waals surface area contributed by atoms with Gasteiger partial charge in [-0.25, -0.2) is 13.2 Å². The van der Waals surface area contributed by atoms with Crippen molar-refractivity contribution in [2.75, 3.05) is 25.4 Å². The quantitative estimate of drug-likeness (QED) is 0.135. The van der Waals surface area contributed by atoms with E-state index < -0.39 is 45.6 Å². The molecule has 0 heterocycles. The molecule has 2 atom stereocenters. The van der Waals surface area contributed by atoms with Crippen molar-refractivity contribution in [1.82, 2.24) is 14.9 Å². The van der Waals surface area contributed by atoms with E-state index in [1.165, 1.54) is 28.6 Å². The average Bonchev–Trinajstić information content (AvgIpc) is 3.00. The number of aliphatic hydroxyl groups is 1. The molecule has 0 saturated carbocycles. The summed E-state index contributed by atoms with van der Waals surface area (Å²) in [6.45, 7) is 9.09. The summed E-state index contributed by atoms with van der Waals surface area (Å²) in [7, 11) is -3.92. The summed E-state index contributed by atoms with van der Waals surface area (Å²) < 4.78 is 34.1. The molecule has 5 N–H and O–H groups in total. The van der Waals surface area contributed by atoms with Crippen LogP contribution < -0.4 is 16.4 Å². The first-order valence-corrected chi connectivity index (χ1v) is 17.0. The first-order chi connectivity index (χ1) is 21.7. The van der Waals surface area contributed by atoms with Gasteiger partial charge in [0.05, 0.1) is 11.5 Å². The molecule has 0 bridgehead atoms. The second-order valence-corrected chi connectivity index (χ2v) is 14.6. The largest absolute Gasteiger partial charge is 0.444 e. The molecule has 46 heavy (non-hydrogen) atoms. The van der Waals surface area contributed by atoms with Crippen LogP contribution >= 0.6 is 0 Å². The fourth-order valence-corrected chi connectivity index (χ4v) is 7.01. The highest BCUT2D eigenvalue weighted by atomic mass is 32.2. The molecule has 3 rings (SSSR count). The lowest BCUT2D eigenvalue weighted by Crippen LogP contribution is -2.51. The molecule has 3 aromatic carbocycles. The monoisotopic (exact) mass is 652 g/mol. The van der Waals surface area contributed by atoms with E-state index in [0.29, 0.717) is 18.5 Å². The molecule has 0 aliphatic rings. The maximum atomic E-state index is 13.9. The Morgan fingerprint density at radius 1 is 0.913 bits per heavy atom. The number of benzene rings is 3. The highest BCUT2D eigenvalue weighted by Crippen LogP contribution is 2.29. The molecule has 250 valence electrons. The zero-order valence-corrected chi connectivity index (χ0v) is 28.2. The number of nitrogens with one attached hydrogen (secondary N) is 2. The summed E-state index contributed by atoms with van der Waals surface area (Å²) >= 11 is 0. The molecule has 0 aliphatic heterocycles. The average molecular weight is 653 g/mol. The van der Waals surface area contributed by atoms with E-state index in [0.717, 1.165) is 11.1 Å². The first-order valence-electron chi connectivity index (χ1n) is 15.6. The molecular formula is C35H48N4O6S. The summed E-state index contributed by atoms with van der Waals surface area (Å²) in [5.74, 6) is -0.936. The van der Waals surface area contributed by atoms with Crippen LogP contribution in [0.4, 0.5) is 10.5 Å². The van der Waals surface area contributed by atoms with Crippen LogP contribution in [0.25, 0.3) is 0 Å². The first kappa shape index (κ1) is 36.5. The molecular weight excluding hydrogens is 604 g/mol. The molecule has 1 unspecified atom stereocenters. The van der Waals surface area contributed by atoms with E-state index in [9.17, 15) is 23.1 Å². The molecule has 0 aliphatic carbocycles. The zero-order valence-electron chi connectivity index (χ0n) is 27.3. The smallest absolute Gasteiger partial charge is 0.408 e. The third kappa shape index (κ3) is 10.6. The van der Waals surface area contributed by atoms with E-state index in [-0.39, 0.29) is 30.5 Å². The Labute approximate surface area is 273 Å². The number of rotatable bonds is 15. The van der Waals surface area contributed by atoms with E-state index in [1.807, 2.05) is 74.5 Å². The summed E-state index contributed by atoms with van der Waals surface area (Å²) in [6, 6.07) is 23.2. The Morgan fingerprint density at radius 2 is 1.46 bits per heavy atom. The number of sulfonamides is 1. The van der Waals surface area contributed by atoms with E-state index in [4.69, 9.17) is 10.5 Å². The summed E-state index contributed by atoms with van der Waals surface area (Å²) in [6.07, 6.45) is -0.0477. The minimum absolute atomic E-state index is 0.00454. The lowest BCUT2D eigenvalue weighted by Gasteiger charge is -2.31. The Kier molecular flexibility index (Phi) is 13.2. The number of carbonyl (C=O) groups excluding carboxylic acids is 2. The number of nitrogen functional groups attached to an aromatic ring is 1. The minimum atomic E-state index is -3.92. The lowest BCUT2D eigenvalue weighted by atomic mass is 9.84. The van der Waals surface area contributed by atoms with Gasteiger partial charge >= 0.3 is 6.09 Å². The van der Waals surface area contributed by atoms with Gasteiger partial charge in [-0.3, -0.25) is 4.79 Å². The number of nitrogens with zero attached hydrogens (tertiary/aromatic N) is 1. The summed E-state index contributed by atoms with van der Waals surface area (Å²) in [5, 5.41) is 16.0. The lowest BCUT2D eigenvalue weighted by molar-refractivity contribution is -0.123. The Morgan fingerprint density at radius 3 is 1.93 bits per heavy atom. The van der Waals surface area contributed by atoms with Crippen LogP contribution in [-0.4, -0.2) is 67.2 Å². The van der Waals surface area contributed by atoms with E-state index in [2.05, 4.69) is 10.6 Å². The van der Waals surface area contributed by atoms with Crippen LogP contribution in [0.2, 0.25) is 0 Å². The maximum absolute atomic E-state index is 13.9. The normalized spacial score (nSPS) is 13.4. The number of anilines is 1. The number of hydrogen-bond donors (Lipinski definition) is 4. The van der Waals surface area contributed by atoms with Gasteiger partial charge in [0.25, 0.3) is 0 Å². The van der Waals surface area contributed by atoms with Gasteiger partial charge < -0.3 is 26.2 Å². The molecule has 0 fully saturated rings. The highest BCUT2D eigenvalue weighted by Gasteiger charge is 2.35. The van der Waals surface area contributed by atoms with E-state index in [1.54, 1.807) is 20.8 Å². The van der Waals surface area contributed by atoms with Gasteiger partial charge in [0.1, 0.15) is 11.6 Å². The number of hydrogen-bond acceptors (Lipinski definition) is 7. The molecule has 2 amide bonds. The third-order valence-electron chi connectivity index (χ3n) is 7.27. The number of ether oxygens (including phenoxy) is 1. The summed E-state index contributed by atoms with van der Waals surface area (Å²) in [5.41, 5.74) is 7.11. The molecule has 10 nitrogen and oxygen atoms in total. The predicted molar refractivity (Wildman–Crippen MR) is 181 cm³/mol. The van der Waals surface area contributed by atoms with Crippen LogP contribution in [0.5, 0.6) is 0 Å². The highest BCUT2D eigenvalue weighted by molar-refractivity contribution is 7.89. The van der Waals surface area contributed by atoms with Crippen molar-refractivity contribution >= 4 is 27.7 Å². The second-order valence-electron chi connectivity index (χ2n) is 12.7. The van der Waals surface area contributed by atoms with E-state index >= 15 is 0 Å². The van der Waals surface area contributed by atoms with Gasteiger partial charge in [0.15, 0.2) is 0 Å². The molecule has 11 heteroatoms. The maximum Gasteiger partial charge on any atom is 0.408 e. The third-order valence-corrected chi connectivity index (χ3v) is 9.20. The number of aliphatic hydroxyl groups excluding tert-OH is 1. The Balaban J connectivity index is 1.81. The second kappa shape index (κ2) is 16.6. The van der Waals surface area contributed by atoms with Crippen LogP contribution in [0, 0.1) is 5.92 Å². The number of nitrogens with two attached hydrogens (primary N) is 1. The number of carbonyl (C=O) groups is 2. The van der Waals surface area contributed by atoms with Crippen molar-refractivity contribution < 1.29 is 27.9 Å². The fourth-order valence-electron chi connectivity index (χ4n) is 5.20. The summed E-state index contributed by atoms with van der Waals surface area (Å²) in [4.78, 5) is 26.9. The predicted octanol–water partition coefficient (Wildman–Crippen LogP) is 4.90. The topological polar surface area (TPSA) is 151 Å². The van der Waals surface area contributed by atoms with Crippen molar-refractivity contribution in [3.8, 4) is 0 Å². The van der Waals surface area contributed by atoms with Crippen LogP contribution in [0.1, 0.15) is 64.5 Å². The zero-order chi connectivity index (χ0) is 33.9. The SMILES string of the molecule is CC(C)CN(C(CO)CCCNC(=O)[C@@H](NC(=O)OC(C)(C)C)C(c1ccccc1)c1ccccc1)S(=O)(=O)c1ccc(N)cc1. The number of alkyl carbamates (subject to hydrolysis) is 1. The van der Waals surface area contributed by atoms with Crippen molar-refractivity contribution in [1.29, 1.82) is 0 Å². The van der Waals surface area contributed by atoms with Crippen LogP contribution in [0.3, 0.4) is 0 Å². The minimum Gasteiger partial charge on any atom is -0.444 e. The Hall–Kier alpha value is -3.93. The molecule has 0 saturated heterocycles.